The maximum absolute atomic E-state index is 12.3. The van der Waals surface area contributed by atoms with Gasteiger partial charge in [-0.15, -0.1) is 0 Å². The average molecular weight is 216 g/mol. The highest BCUT2D eigenvalue weighted by atomic mass is 16.2. The molecule has 1 amide bonds. The van der Waals surface area contributed by atoms with Crippen molar-refractivity contribution >= 4 is 17.3 Å². The Balaban J connectivity index is 1.97. The lowest BCUT2D eigenvalue weighted by molar-refractivity contribution is -0.123. The second kappa shape index (κ2) is 3.00. The van der Waals surface area contributed by atoms with E-state index < -0.39 is 0 Å². The number of fused-ring (bicyclic) bond motifs is 1. The van der Waals surface area contributed by atoms with Crippen LogP contribution in [0.3, 0.4) is 0 Å². The van der Waals surface area contributed by atoms with Gasteiger partial charge in [0.1, 0.15) is 0 Å². The SMILES string of the molecule is CC1(C(=O)N2CCc3c(N)cccc32)CC1. The van der Waals surface area contributed by atoms with Crippen LogP contribution in [0, 0.1) is 5.41 Å². The van der Waals surface area contributed by atoms with Gasteiger partial charge >= 0.3 is 0 Å². The van der Waals surface area contributed by atoms with Crippen molar-refractivity contribution in [2.45, 2.75) is 26.2 Å². The van der Waals surface area contributed by atoms with Crippen molar-refractivity contribution in [1.29, 1.82) is 0 Å². The number of rotatable bonds is 1. The number of nitrogen functional groups attached to an aromatic ring is 1. The summed E-state index contributed by atoms with van der Waals surface area (Å²) in [5.74, 6) is 0.275. The standard InChI is InChI=1S/C13H16N2O/c1-13(6-7-13)12(16)15-8-5-9-10(14)3-2-4-11(9)15/h2-4H,5-8,14H2,1H3. The zero-order valence-corrected chi connectivity index (χ0v) is 9.49. The van der Waals surface area contributed by atoms with E-state index >= 15 is 0 Å². The van der Waals surface area contributed by atoms with Crippen molar-refractivity contribution in [3.63, 3.8) is 0 Å². The number of hydrogen-bond donors (Lipinski definition) is 1. The number of benzene rings is 1. The minimum atomic E-state index is -0.0911. The van der Waals surface area contributed by atoms with Crippen LogP contribution in [-0.4, -0.2) is 12.5 Å². The number of carbonyl (C=O) groups excluding carboxylic acids is 1. The lowest BCUT2D eigenvalue weighted by Gasteiger charge is -2.21. The van der Waals surface area contributed by atoms with Crippen LogP contribution in [0.4, 0.5) is 11.4 Å². The molecule has 2 N–H and O–H groups in total. The zero-order valence-electron chi connectivity index (χ0n) is 9.49. The Morgan fingerprint density at radius 3 is 2.88 bits per heavy atom. The summed E-state index contributed by atoms with van der Waals surface area (Å²) < 4.78 is 0. The fraction of sp³-hybridized carbons (Fsp3) is 0.462. The summed E-state index contributed by atoms with van der Waals surface area (Å²) in [6.45, 7) is 2.84. The summed E-state index contributed by atoms with van der Waals surface area (Å²) in [7, 11) is 0. The zero-order chi connectivity index (χ0) is 11.3. The number of hydrogen-bond acceptors (Lipinski definition) is 2. The Bertz CT molecular complexity index is 463. The van der Waals surface area contributed by atoms with Crippen LogP contribution in [0.25, 0.3) is 0 Å². The number of nitrogens with two attached hydrogens (primary N) is 1. The average Bonchev–Trinajstić information content (AvgIpc) is 2.88. The summed E-state index contributed by atoms with van der Waals surface area (Å²) in [6, 6.07) is 5.84. The van der Waals surface area contributed by atoms with Gasteiger partial charge in [-0.3, -0.25) is 4.79 Å². The molecule has 0 aromatic heterocycles. The molecule has 0 saturated heterocycles. The monoisotopic (exact) mass is 216 g/mol. The maximum Gasteiger partial charge on any atom is 0.232 e. The van der Waals surface area contributed by atoms with Crippen molar-refractivity contribution in [3.05, 3.63) is 23.8 Å². The Morgan fingerprint density at radius 2 is 2.19 bits per heavy atom. The van der Waals surface area contributed by atoms with Crippen LogP contribution < -0.4 is 10.6 Å². The van der Waals surface area contributed by atoms with E-state index in [1.807, 2.05) is 23.1 Å². The molecular weight excluding hydrogens is 200 g/mol. The van der Waals surface area contributed by atoms with Crippen molar-refractivity contribution in [1.82, 2.24) is 0 Å². The second-order valence-corrected chi connectivity index (χ2v) is 5.11. The molecule has 84 valence electrons. The summed E-state index contributed by atoms with van der Waals surface area (Å²) >= 11 is 0. The van der Waals surface area contributed by atoms with E-state index in [-0.39, 0.29) is 11.3 Å². The van der Waals surface area contributed by atoms with Crippen molar-refractivity contribution in [3.8, 4) is 0 Å². The van der Waals surface area contributed by atoms with Crippen molar-refractivity contribution in [2.24, 2.45) is 5.41 Å². The molecule has 1 aromatic rings. The summed E-state index contributed by atoms with van der Waals surface area (Å²) in [4.78, 5) is 14.2. The number of nitrogens with zero attached hydrogens (tertiary/aromatic N) is 1. The molecule has 1 aliphatic carbocycles. The Morgan fingerprint density at radius 1 is 1.44 bits per heavy atom. The van der Waals surface area contributed by atoms with Gasteiger partial charge in [0.05, 0.1) is 0 Å². The van der Waals surface area contributed by atoms with E-state index in [1.165, 1.54) is 0 Å². The van der Waals surface area contributed by atoms with Gasteiger partial charge in [-0.05, 0) is 31.4 Å². The highest BCUT2D eigenvalue weighted by Crippen LogP contribution is 2.48. The smallest absolute Gasteiger partial charge is 0.232 e. The Hall–Kier alpha value is -1.51. The van der Waals surface area contributed by atoms with Gasteiger partial charge in [-0.25, -0.2) is 0 Å². The fourth-order valence-electron chi connectivity index (χ4n) is 2.40. The molecule has 3 nitrogen and oxygen atoms in total. The predicted octanol–water partition coefficient (Wildman–Crippen LogP) is 1.96. The first-order chi connectivity index (χ1) is 7.62. The summed E-state index contributed by atoms with van der Waals surface area (Å²) in [5.41, 5.74) is 8.81. The van der Waals surface area contributed by atoms with Gasteiger partial charge in [0.2, 0.25) is 5.91 Å². The van der Waals surface area contributed by atoms with Crippen LogP contribution in [-0.2, 0) is 11.2 Å². The molecule has 3 heteroatoms. The van der Waals surface area contributed by atoms with Gasteiger partial charge in [-0.2, -0.15) is 0 Å². The topological polar surface area (TPSA) is 46.3 Å². The van der Waals surface area contributed by atoms with Gasteiger partial charge in [0.25, 0.3) is 0 Å². The first kappa shape index (κ1) is 9.70. The fourth-order valence-corrected chi connectivity index (χ4v) is 2.40. The van der Waals surface area contributed by atoms with Gasteiger partial charge < -0.3 is 10.6 Å². The minimum Gasteiger partial charge on any atom is -0.398 e. The Labute approximate surface area is 95.2 Å². The third kappa shape index (κ3) is 1.24. The van der Waals surface area contributed by atoms with Crippen LogP contribution in [0.1, 0.15) is 25.3 Å². The molecule has 1 aliphatic heterocycles. The molecular formula is C13H16N2O. The van der Waals surface area contributed by atoms with Crippen LogP contribution in [0.5, 0.6) is 0 Å². The number of anilines is 2. The van der Waals surface area contributed by atoms with E-state index in [0.717, 1.165) is 42.7 Å². The van der Waals surface area contributed by atoms with Crippen LogP contribution in [0.2, 0.25) is 0 Å². The van der Waals surface area contributed by atoms with Crippen molar-refractivity contribution in [2.75, 3.05) is 17.2 Å². The van der Waals surface area contributed by atoms with E-state index in [1.54, 1.807) is 0 Å². The molecule has 1 saturated carbocycles. The quantitative estimate of drug-likeness (QED) is 0.729. The third-order valence-corrected chi connectivity index (χ3v) is 3.83. The van der Waals surface area contributed by atoms with Crippen LogP contribution >= 0.6 is 0 Å². The predicted molar refractivity (Wildman–Crippen MR) is 64.3 cm³/mol. The normalized spacial score (nSPS) is 20.7. The first-order valence-electron chi connectivity index (χ1n) is 5.81. The lowest BCUT2D eigenvalue weighted by Crippen LogP contribution is -2.34. The Kier molecular flexibility index (Phi) is 1.82. The van der Waals surface area contributed by atoms with E-state index in [2.05, 4.69) is 6.92 Å². The van der Waals surface area contributed by atoms with E-state index in [9.17, 15) is 4.79 Å². The van der Waals surface area contributed by atoms with Crippen molar-refractivity contribution < 1.29 is 4.79 Å². The lowest BCUT2D eigenvalue weighted by atomic mass is 10.1. The molecule has 0 spiro atoms. The summed E-state index contributed by atoms with van der Waals surface area (Å²) in [5, 5.41) is 0. The molecule has 3 rings (SSSR count). The molecule has 1 aromatic carbocycles. The van der Waals surface area contributed by atoms with Gasteiger partial charge in [0, 0.05) is 28.9 Å². The molecule has 0 bridgehead atoms. The largest absolute Gasteiger partial charge is 0.398 e. The maximum atomic E-state index is 12.3. The molecule has 0 radical (unpaired) electrons. The molecule has 16 heavy (non-hydrogen) atoms. The first-order valence-corrected chi connectivity index (χ1v) is 5.81. The molecule has 2 aliphatic rings. The number of amides is 1. The highest BCUT2D eigenvalue weighted by molar-refractivity contribution is 6.01. The van der Waals surface area contributed by atoms with Gasteiger partial charge in [-0.1, -0.05) is 13.0 Å². The van der Waals surface area contributed by atoms with E-state index in [0.29, 0.717) is 0 Å². The van der Waals surface area contributed by atoms with Gasteiger partial charge in [0.15, 0.2) is 0 Å². The second-order valence-electron chi connectivity index (χ2n) is 5.11. The van der Waals surface area contributed by atoms with Crippen LogP contribution in [0.15, 0.2) is 18.2 Å². The van der Waals surface area contributed by atoms with E-state index in [4.69, 9.17) is 5.73 Å². The number of carbonyl (C=O) groups is 1. The molecule has 1 heterocycles. The highest BCUT2D eigenvalue weighted by Gasteiger charge is 2.48. The molecule has 0 unspecified atom stereocenters. The minimum absolute atomic E-state index is 0.0911. The third-order valence-electron chi connectivity index (χ3n) is 3.83. The molecule has 0 atom stereocenters. The molecule has 1 fully saturated rings. The summed E-state index contributed by atoms with van der Waals surface area (Å²) in [6.07, 6.45) is 2.95.